The number of hydrogen-bond donors (Lipinski definition) is 2. The number of hydrogen-bond acceptors (Lipinski definition) is 4. The van der Waals surface area contributed by atoms with Gasteiger partial charge in [-0.2, -0.15) is 0 Å². The Morgan fingerprint density at radius 1 is 1.44 bits per heavy atom. The summed E-state index contributed by atoms with van der Waals surface area (Å²) in [7, 11) is 4.16. The molecule has 0 bridgehead atoms. The fraction of sp³-hybridized carbons (Fsp3) is 0.611. The van der Waals surface area contributed by atoms with Crippen LogP contribution < -0.4 is 15.6 Å². The van der Waals surface area contributed by atoms with Crippen LogP contribution in [0.3, 0.4) is 0 Å². The normalized spacial score (nSPS) is 15.1. The molecule has 0 aromatic carbocycles. The van der Waals surface area contributed by atoms with Gasteiger partial charge in [0.2, 0.25) is 0 Å². The Kier molecular flexibility index (Phi) is 7.58. The smallest absolute Gasteiger partial charge is 0.259 e. The average molecular weight is 365 g/mol. The number of rotatable bonds is 8. The second-order valence-corrected chi connectivity index (χ2v) is 7.22. The number of aromatic amines is 1. The third-order valence-electron chi connectivity index (χ3n) is 4.41. The van der Waals surface area contributed by atoms with Crippen LogP contribution in [0, 0.1) is 4.77 Å². The highest BCUT2D eigenvalue weighted by molar-refractivity contribution is 7.71. The highest BCUT2D eigenvalue weighted by Crippen LogP contribution is 2.21. The van der Waals surface area contributed by atoms with Crippen LogP contribution in [0.5, 0.6) is 5.88 Å². The van der Waals surface area contributed by atoms with E-state index in [-0.39, 0.29) is 16.2 Å². The quantitative estimate of drug-likeness (QED) is 0.310. The van der Waals surface area contributed by atoms with Gasteiger partial charge in [0.05, 0.1) is 26.2 Å². The van der Waals surface area contributed by atoms with E-state index >= 15 is 0 Å². The second-order valence-electron chi connectivity index (χ2n) is 6.83. The largest absolute Gasteiger partial charge is 0.859 e. The summed E-state index contributed by atoms with van der Waals surface area (Å²) in [6.45, 7) is 2.11. The molecule has 0 radical (unpaired) electrons. The fourth-order valence-electron chi connectivity index (χ4n) is 2.95. The Labute approximate surface area is 153 Å². The van der Waals surface area contributed by atoms with E-state index in [0.717, 1.165) is 32.2 Å². The van der Waals surface area contributed by atoms with Crippen molar-refractivity contribution in [3.8, 4) is 5.88 Å². The van der Waals surface area contributed by atoms with Crippen LogP contribution in [0.15, 0.2) is 21.4 Å². The van der Waals surface area contributed by atoms with Gasteiger partial charge in [-0.05, 0) is 50.2 Å². The molecule has 0 unspecified atom stereocenters. The van der Waals surface area contributed by atoms with E-state index in [9.17, 15) is 9.90 Å². The summed E-state index contributed by atoms with van der Waals surface area (Å²) in [6, 6.07) is 0. The van der Waals surface area contributed by atoms with Gasteiger partial charge in [-0.1, -0.05) is 11.6 Å². The Hall–Kier alpha value is -1.73. The van der Waals surface area contributed by atoms with Gasteiger partial charge in [0.1, 0.15) is 0 Å². The van der Waals surface area contributed by atoms with E-state index in [1.54, 1.807) is 0 Å². The first-order chi connectivity index (χ1) is 12.0. The summed E-state index contributed by atoms with van der Waals surface area (Å²) in [5.41, 5.74) is 0.994. The lowest BCUT2D eigenvalue weighted by atomic mass is 9.97. The zero-order valence-electron chi connectivity index (χ0n) is 15.1. The molecule has 0 fully saturated rings. The maximum Gasteiger partial charge on any atom is 0.259 e. The molecular formula is C18H28N4O2S. The van der Waals surface area contributed by atoms with Gasteiger partial charge in [0.25, 0.3) is 5.56 Å². The van der Waals surface area contributed by atoms with E-state index in [0.29, 0.717) is 13.1 Å². The zero-order valence-corrected chi connectivity index (χ0v) is 16.0. The topological polar surface area (TPSA) is 77.7 Å². The molecule has 2 N–H and O–H groups in total. The Bertz CT molecular complexity index is 746. The minimum absolute atomic E-state index is 0.0726. The predicted octanol–water partition coefficient (Wildman–Crippen LogP) is 0.823. The highest BCUT2D eigenvalue weighted by atomic mass is 32.1. The van der Waals surface area contributed by atoms with E-state index in [4.69, 9.17) is 12.2 Å². The average Bonchev–Trinajstić information content (AvgIpc) is 2.57. The molecule has 1 aromatic heterocycles. The van der Waals surface area contributed by atoms with Gasteiger partial charge >= 0.3 is 0 Å². The number of nitrogens with zero attached hydrogens (tertiary/aromatic N) is 2. The van der Waals surface area contributed by atoms with Gasteiger partial charge < -0.3 is 14.6 Å². The molecular weight excluding hydrogens is 336 g/mol. The van der Waals surface area contributed by atoms with Crippen molar-refractivity contribution in [3.63, 3.8) is 0 Å². The van der Waals surface area contributed by atoms with Gasteiger partial charge in [-0.3, -0.25) is 14.8 Å². The number of H-pyrrole nitrogens is 1. The van der Waals surface area contributed by atoms with Crippen LogP contribution in [0.1, 0.15) is 44.1 Å². The summed E-state index contributed by atoms with van der Waals surface area (Å²) in [4.78, 5) is 20.2. The molecule has 25 heavy (non-hydrogen) atoms. The van der Waals surface area contributed by atoms with Crippen LogP contribution in [-0.4, -0.2) is 43.0 Å². The van der Waals surface area contributed by atoms with Crippen molar-refractivity contribution in [1.29, 1.82) is 0 Å². The molecule has 0 spiro atoms. The summed E-state index contributed by atoms with van der Waals surface area (Å²) < 4.78 is 1.68. The summed E-state index contributed by atoms with van der Waals surface area (Å²) in [5.74, 6) is -0.341. The monoisotopic (exact) mass is 364 g/mol. The van der Waals surface area contributed by atoms with E-state index < -0.39 is 5.56 Å². The molecule has 2 rings (SSSR count). The minimum atomic E-state index is -0.454. The van der Waals surface area contributed by atoms with Crippen molar-refractivity contribution in [2.24, 2.45) is 4.99 Å². The van der Waals surface area contributed by atoms with Crippen molar-refractivity contribution in [1.82, 2.24) is 9.55 Å². The minimum Gasteiger partial charge on any atom is -0.859 e. The predicted molar refractivity (Wildman–Crippen MR) is 101 cm³/mol. The van der Waals surface area contributed by atoms with Crippen LogP contribution in [-0.2, 0) is 6.54 Å². The standard InChI is InChI=1S/C18H28N4O2S/c1-21(2)11-6-10-19-13-15-16(23)20-18(25)22(17(15)24)12-9-14-7-4-3-5-8-14/h7,13,24H,3-6,8-12H2,1-2H3,(H,20,23,25). The third kappa shape index (κ3) is 5.93. The highest BCUT2D eigenvalue weighted by Gasteiger charge is 2.07. The second kappa shape index (κ2) is 9.68. The van der Waals surface area contributed by atoms with E-state index in [1.165, 1.54) is 34.1 Å². The molecule has 7 heteroatoms. The number of nitrogens with one attached hydrogen (secondary N) is 2. The lowest BCUT2D eigenvalue weighted by molar-refractivity contribution is -0.858. The summed E-state index contributed by atoms with van der Waals surface area (Å²) in [5, 5.41) is 12.6. The molecule has 138 valence electrons. The Balaban J connectivity index is 2.09. The van der Waals surface area contributed by atoms with Gasteiger partial charge in [-0.25, -0.2) is 0 Å². The number of aliphatic imine (C=N–C) groups is 1. The molecule has 0 atom stereocenters. The molecule has 1 aliphatic carbocycles. The van der Waals surface area contributed by atoms with Crippen LogP contribution in [0.4, 0.5) is 0 Å². The molecule has 0 saturated heterocycles. The third-order valence-corrected chi connectivity index (χ3v) is 4.73. The molecule has 0 saturated carbocycles. The van der Waals surface area contributed by atoms with Crippen molar-refractivity contribution in [2.75, 3.05) is 27.2 Å². The van der Waals surface area contributed by atoms with Gasteiger partial charge in [0.15, 0.2) is 4.77 Å². The fourth-order valence-corrected chi connectivity index (χ4v) is 3.22. The van der Waals surface area contributed by atoms with E-state index in [1.807, 2.05) is 0 Å². The lowest BCUT2D eigenvalue weighted by Gasteiger charge is -2.20. The Morgan fingerprint density at radius 3 is 2.92 bits per heavy atom. The van der Waals surface area contributed by atoms with Crippen LogP contribution >= 0.6 is 12.2 Å². The molecule has 1 heterocycles. The van der Waals surface area contributed by atoms with Crippen molar-refractivity contribution in [3.05, 3.63) is 32.3 Å². The van der Waals surface area contributed by atoms with Crippen molar-refractivity contribution >= 4 is 18.4 Å². The summed E-state index contributed by atoms with van der Waals surface area (Å²) >= 11 is 5.18. The molecule has 6 nitrogen and oxygen atoms in total. The Morgan fingerprint density at radius 2 is 2.24 bits per heavy atom. The maximum atomic E-state index is 12.6. The first-order valence-corrected chi connectivity index (χ1v) is 9.40. The SMILES string of the molecule is C[NH+](C)CCCN=Cc1c([O-])n(CCC2=CCCCC2)c(=S)[nH]c1=O. The number of quaternary nitrogens is 1. The van der Waals surface area contributed by atoms with Gasteiger partial charge in [0, 0.05) is 25.7 Å². The molecule has 1 aliphatic rings. The van der Waals surface area contributed by atoms with Gasteiger partial charge in [-0.15, -0.1) is 0 Å². The first kappa shape index (κ1) is 19.6. The maximum absolute atomic E-state index is 12.6. The molecule has 0 aliphatic heterocycles. The first-order valence-electron chi connectivity index (χ1n) is 9.00. The zero-order chi connectivity index (χ0) is 18.2. The van der Waals surface area contributed by atoms with Crippen molar-refractivity contribution < 1.29 is 10.0 Å². The van der Waals surface area contributed by atoms with Crippen LogP contribution in [0.25, 0.3) is 0 Å². The number of aromatic nitrogens is 2. The lowest BCUT2D eigenvalue weighted by Crippen LogP contribution is -3.05. The number of allylic oxidation sites excluding steroid dienone is 2. The van der Waals surface area contributed by atoms with Crippen LogP contribution in [0.2, 0.25) is 0 Å². The van der Waals surface area contributed by atoms with E-state index in [2.05, 4.69) is 30.1 Å². The van der Waals surface area contributed by atoms with Crippen molar-refractivity contribution in [2.45, 2.75) is 45.1 Å². The molecule has 1 aromatic rings. The summed E-state index contributed by atoms with van der Waals surface area (Å²) in [6.07, 6.45) is 10.0. The molecule has 0 amide bonds.